The van der Waals surface area contributed by atoms with Crippen molar-refractivity contribution in [2.45, 2.75) is 32.7 Å². The molecule has 0 aliphatic carbocycles. The van der Waals surface area contributed by atoms with E-state index in [1.165, 1.54) is 12.8 Å². The van der Waals surface area contributed by atoms with Crippen LogP contribution >= 0.6 is 0 Å². The summed E-state index contributed by atoms with van der Waals surface area (Å²) in [5.74, 6) is -0.325. The summed E-state index contributed by atoms with van der Waals surface area (Å²) in [5, 5.41) is 12.2. The van der Waals surface area contributed by atoms with E-state index in [2.05, 4.69) is 17.3 Å². The van der Waals surface area contributed by atoms with Crippen LogP contribution in [0.25, 0.3) is 0 Å². The Hall–Kier alpha value is -0.610. The van der Waals surface area contributed by atoms with Crippen LogP contribution in [0.2, 0.25) is 0 Å². The van der Waals surface area contributed by atoms with E-state index in [9.17, 15) is 4.79 Å². The Morgan fingerprint density at radius 3 is 2.50 bits per heavy atom. The zero-order chi connectivity index (χ0) is 12.1. The molecule has 16 heavy (non-hydrogen) atoms. The Labute approximate surface area is 98.0 Å². The van der Waals surface area contributed by atoms with Crippen LogP contribution in [0.3, 0.4) is 0 Å². The van der Waals surface area contributed by atoms with Gasteiger partial charge in [0.15, 0.2) is 0 Å². The van der Waals surface area contributed by atoms with Crippen LogP contribution in [-0.2, 0) is 4.79 Å². The molecular formula is C12H24N2O2. The van der Waals surface area contributed by atoms with Gasteiger partial charge in [0.05, 0.1) is 5.92 Å². The minimum atomic E-state index is -0.719. The third-order valence-corrected chi connectivity index (χ3v) is 3.71. The van der Waals surface area contributed by atoms with Gasteiger partial charge in [-0.15, -0.1) is 0 Å². The van der Waals surface area contributed by atoms with Crippen molar-refractivity contribution >= 4 is 5.97 Å². The highest BCUT2D eigenvalue weighted by atomic mass is 16.4. The summed E-state index contributed by atoms with van der Waals surface area (Å²) in [5.41, 5.74) is 0. The van der Waals surface area contributed by atoms with E-state index in [0.717, 1.165) is 19.6 Å². The van der Waals surface area contributed by atoms with E-state index < -0.39 is 5.97 Å². The normalized spacial score (nSPS) is 22.9. The van der Waals surface area contributed by atoms with Crippen LogP contribution in [0.5, 0.6) is 0 Å². The van der Waals surface area contributed by atoms with Crippen LogP contribution in [0, 0.1) is 11.8 Å². The molecule has 0 spiro atoms. The Kier molecular flexibility index (Phi) is 5.22. The van der Waals surface area contributed by atoms with E-state index >= 15 is 0 Å². The number of hydrogen-bond donors (Lipinski definition) is 2. The number of rotatable bonds is 5. The van der Waals surface area contributed by atoms with Crippen molar-refractivity contribution in [3.63, 3.8) is 0 Å². The molecule has 1 fully saturated rings. The number of piperidine rings is 1. The van der Waals surface area contributed by atoms with Gasteiger partial charge >= 0.3 is 5.97 Å². The van der Waals surface area contributed by atoms with Crippen molar-refractivity contribution in [3.8, 4) is 0 Å². The lowest BCUT2D eigenvalue weighted by Crippen LogP contribution is -2.41. The van der Waals surface area contributed by atoms with Crippen molar-refractivity contribution < 1.29 is 9.90 Å². The first-order valence-corrected chi connectivity index (χ1v) is 6.15. The molecule has 4 heteroatoms. The fourth-order valence-electron chi connectivity index (χ4n) is 2.01. The molecule has 1 rings (SSSR count). The van der Waals surface area contributed by atoms with Crippen molar-refractivity contribution in [1.82, 2.24) is 10.2 Å². The van der Waals surface area contributed by atoms with Crippen molar-refractivity contribution in [3.05, 3.63) is 0 Å². The van der Waals surface area contributed by atoms with Crippen LogP contribution < -0.4 is 5.32 Å². The molecule has 0 aromatic rings. The Bertz CT molecular complexity index is 225. The lowest BCUT2D eigenvalue weighted by atomic mass is 9.96. The summed E-state index contributed by atoms with van der Waals surface area (Å²) >= 11 is 0. The fourth-order valence-corrected chi connectivity index (χ4v) is 2.01. The van der Waals surface area contributed by atoms with Gasteiger partial charge in [0.1, 0.15) is 0 Å². The Balaban J connectivity index is 2.21. The topological polar surface area (TPSA) is 52.6 Å². The Morgan fingerprint density at radius 1 is 1.44 bits per heavy atom. The number of hydrogen-bond acceptors (Lipinski definition) is 3. The van der Waals surface area contributed by atoms with Gasteiger partial charge in [0.2, 0.25) is 0 Å². The highest BCUT2D eigenvalue weighted by molar-refractivity contribution is 5.70. The fraction of sp³-hybridized carbons (Fsp3) is 0.917. The minimum absolute atomic E-state index is 0.0529. The lowest BCUT2D eigenvalue weighted by Gasteiger charge is -2.30. The van der Waals surface area contributed by atoms with Crippen molar-refractivity contribution in [2.24, 2.45) is 11.8 Å². The van der Waals surface area contributed by atoms with Gasteiger partial charge < -0.3 is 15.3 Å². The number of nitrogens with zero attached hydrogens (tertiary/aromatic N) is 1. The molecule has 94 valence electrons. The van der Waals surface area contributed by atoms with Gasteiger partial charge in [-0.2, -0.15) is 0 Å². The summed E-state index contributed by atoms with van der Waals surface area (Å²) in [7, 11) is 2.15. The van der Waals surface area contributed by atoms with Gasteiger partial charge in [0, 0.05) is 6.04 Å². The number of carbonyl (C=O) groups is 1. The maximum absolute atomic E-state index is 10.8. The van der Waals surface area contributed by atoms with Gasteiger partial charge in [0.25, 0.3) is 0 Å². The van der Waals surface area contributed by atoms with Crippen LogP contribution in [0.4, 0.5) is 0 Å². The molecule has 2 N–H and O–H groups in total. The largest absolute Gasteiger partial charge is 0.481 e. The van der Waals surface area contributed by atoms with E-state index in [0.29, 0.717) is 5.92 Å². The molecule has 2 unspecified atom stereocenters. The molecule has 1 aliphatic rings. The number of carboxylic acids is 1. The third kappa shape index (κ3) is 4.10. The second-order valence-corrected chi connectivity index (χ2v) is 5.07. The number of nitrogens with one attached hydrogen (secondary N) is 1. The molecule has 1 saturated heterocycles. The molecule has 0 aromatic heterocycles. The molecule has 0 aromatic carbocycles. The lowest BCUT2D eigenvalue weighted by molar-refractivity contribution is -0.141. The minimum Gasteiger partial charge on any atom is -0.481 e. The predicted molar refractivity (Wildman–Crippen MR) is 64.5 cm³/mol. The van der Waals surface area contributed by atoms with E-state index in [-0.39, 0.29) is 12.0 Å². The summed E-state index contributed by atoms with van der Waals surface area (Å²) in [4.78, 5) is 13.1. The maximum Gasteiger partial charge on any atom is 0.307 e. The monoisotopic (exact) mass is 228 g/mol. The molecule has 0 radical (unpaired) electrons. The van der Waals surface area contributed by atoms with Gasteiger partial charge in [-0.25, -0.2) is 0 Å². The highest BCUT2D eigenvalue weighted by Crippen LogP contribution is 2.15. The molecule has 1 aliphatic heterocycles. The van der Waals surface area contributed by atoms with E-state index in [1.54, 1.807) is 6.92 Å². The quantitative estimate of drug-likeness (QED) is 0.738. The van der Waals surface area contributed by atoms with Gasteiger partial charge in [-0.05, 0) is 52.4 Å². The van der Waals surface area contributed by atoms with Crippen LogP contribution in [-0.4, -0.2) is 48.7 Å². The van der Waals surface area contributed by atoms with E-state index in [4.69, 9.17) is 5.11 Å². The SMILES string of the molecule is CC(NCC1CCN(C)CC1)C(C)C(=O)O. The van der Waals surface area contributed by atoms with Gasteiger partial charge in [-0.1, -0.05) is 6.92 Å². The maximum atomic E-state index is 10.8. The summed E-state index contributed by atoms with van der Waals surface area (Å²) in [6.45, 7) is 6.99. The first kappa shape index (κ1) is 13.5. The molecule has 2 atom stereocenters. The van der Waals surface area contributed by atoms with Gasteiger partial charge in [-0.3, -0.25) is 4.79 Å². The predicted octanol–water partition coefficient (Wildman–Crippen LogP) is 1.03. The van der Waals surface area contributed by atoms with Crippen molar-refractivity contribution in [1.29, 1.82) is 0 Å². The molecule has 0 amide bonds. The van der Waals surface area contributed by atoms with Crippen LogP contribution in [0.1, 0.15) is 26.7 Å². The zero-order valence-corrected chi connectivity index (χ0v) is 10.6. The van der Waals surface area contributed by atoms with E-state index in [1.807, 2.05) is 6.92 Å². The third-order valence-electron chi connectivity index (χ3n) is 3.71. The zero-order valence-electron chi connectivity index (χ0n) is 10.6. The van der Waals surface area contributed by atoms with Crippen molar-refractivity contribution in [2.75, 3.05) is 26.7 Å². The second kappa shape index (κ2) is 6.21. The average molecular weight is 228 g/mol. The standard InChI is InChI=1S/C12H24N2O2/c1-9(12(15)16)10(2)13-8-11-4-6-14(3)7-5-11/h9-11,13H,4-8H2,1-3H3,(H,15,16). The Morgan fingerprint density at radius 2 is 2.00 bits per heavy atom. The smallest absolute Gasteiger partial charge is 0.307 e. The number of likely N-dealkylation sites (tertiary alicyclic amines) is 1. The summed E-state index contributed by atoms with van der Waals surface area (Å²) < 4.78 is 0. The molecule has 1 heterocycles. The first-order chi connectivity index (χ1) is 7.50. The van der Waals surface area contributed by atoms with Crippen LogP contribution in [0.15, 0.2) is 0 Å². The number of aliphatic carboxylic acids is 1. The highest BCUT2D eigenvalue weighted by Gasteiger charge is 2.21. The first-order valence-electron chi connectivity index (χ1n) is 6.15. The molecule has 4 nitrogen and oxygen atoms in total. The molecule has 0 bridgehead atoms. The number of carboxylic acid groups (broad SMARTS) is 1. The summed E-state index contributed by atoms with van der Waals surface area (Å²) in [6.07, 6.45) is 2.44. The molecular weight excluding hydrogens is 204 g/mol. The summed E-state index contributed by atoms with van der Waals surface area (Å²) in [6, 6.07) is 0.0529. The second-order valence-electron chi connectivity index (χ2n) is 5.07. The average Bonchev–Trinajstić information content (AvgIpc) is 2.26. The molecule has 0 saturated carbocycles.